The zero-order chi connectivity index (χ0) is 96.9. The molecule has 692 valence electrons. The highest BCUT2D eigenvalue weighted by Crippen LogP contribution is 2.46. The minimum absolute atomic E-state index is 0.599. The van der Waals surface area contributed by atoms with E-state index in [1.807, 2.05) is 42.4 Å². The van der Waals surface area contributed by atoms with E-state index in [2.05, 4.69) is 460 Å². The molecule has 0 spiro atoms. The summed E-state index contributed by atoms with van der Waals surface area (Å²) in [5.41, 5.74) is 31.1. The molecule has 0 atom stereocenters. The summed E-state index contributed by atoms with van der Waals surface area (Å²) < 4.78 is 39.5. The Morgan fingerprint density at radius 3 is 0.858 bits per heavy atom. The van der Waals surface area contributed by atoms with Crippen LogP contribution < -0.4 is 0 Å². The molecule has 0 saturated heterocycles. The number of nitrogens with zero attached hydrogens (tertiary/aromatic N) is 12. The zero-order valence-corrected chi connectivity index (χ0v) is 79.2. The van der Waals surface area contributed by atoms with Gasteiger partial charge in [0.05, 0.1) is 82.9 Å². The summed E-state index contributed by atoms with van der Waals surface area (Å²) in [6, 6.07) is 157. The van der Waals surface area contributed by atoms with Crippen molar-refractivity contribution in [3.63, 3.8) is 0 Å². The second-order valence-electron chi connectivity index (χ2n) is 38.1. The number of aromatic nitrogens is 12. The second kappa shape index (κ2) is 32.6. The first-order valence-corrected chi connectivity index (χ1v) is 49.7. The average molecular weight is 1900 g/mol. The lowest BCUT2D eigenvalue weighted by Gasteiger charge is -2.12. The number of imidazole rings is 4. The molecule has 0 radical (unpaired) electrons. The number of hydrogen-bond donors (Lipinski definition) is 0. The Hall–Kier alpha value is -20.4. The van der Waals surface area contributed by atoms with E-state index >= 15 is 0 Å². The molecule has 12 aromatic heterocycles. The van der Waals surface area contributed by atoms with E-state index in [0.717, 1.165) is 100 Å². The molecule has 0 unspecified atom stereocenters. The van der Waals surface area contributed by atoms with E-state index < -0.39 is 0 Å². The molecule has 12 heterocycles. The van der Waals surface area contributed by atoms with Crippen molar-refractivity contribution in [1.82, 2.24) is 55.8 Å². The third kappa shape index (κ3) is 12.7. The topological polar surface area (TPSA) is 141 Å². The molecule has 0 aliphatic heterocycles. The minimum Gasteiger partial charge on any atom is -0.432 e. The Morgan fingerprint density at radius 2 is 0.426 bits per heavy atom. The van der Waals surface area contributed by atoms with Gasteiger partial charge in [0, 0.05) is 90.5 Å². The highest BCUT2D eigenvalue weighted by atomic mass is 16.4. The lowest BCUT2D eigenvalue weighted by atomic mass is 9.91. The summed E-state index contributed by atoms with van der Waals surface area (Å²) in [6.45, 7) is 0. The van der Waals surface area contributed by atoms with Gasteiger partial charge in [-0.25, -0.2) is 0 Å². The second-order valence-corrected chi connectivity index (χ2v) is 38.1. The van der Waals surface area contributed by atoms with Crippen molar-refractivity contribution in [3.8, 4) is 67.3 Å². The van der Waals surface area contributed by atoms with Crippen LogP contribution in [0.1, 0.15) is 0 Å². The van der Waals surface area contributed by atoms with Gasteiger partial charge in [0.2, 0.25) is 0 Å². The SMILES string of the molecule is c1cc(-c2ccc3c(c2)nc2occn23)cc(-c2ccc3c4ccccc4c4ccccc4c3c2)c1.c1cc(-c2ccc3c4ccccc4c4ccccc4c3c2)cc(-c2cccc3c2nc2occn23)c1.c1ccc2c(c1)c1ccccc1n2-c1ccc2c(c1)c1ccccc1n2-c1ccc2c(c1)nc1occn12.c1ccc2c(c1)c1ccccc1n2-c1ccc2c(c1)c1ccccc1n2-c1cccc2c1nc1occn12. The molecule has 0 aliphatic rings. The molecule has 148 heavy (non-hydrogen) atoms. The van der Waals surface area contributed by atoms with E-state index in [9.17, 15) is 0 Å². The molecule has 0 saturated carbocycles. The average Bonchev–Trinajstić information content (AvgIpc) is 1.63. The quantitative estimate of drug-likeness (QED) is 0.137. The van der Waals surface area contributed by atoms with Gasteiger partial charge in [-0.2, -0.15) is 19.9 Å². The van der Waals surface area contributed by atoms with Crippen LogP contribution in [0.15, 0.2) is 504 Å². The Morgan fingerprint density at radius 1 is 0.155 bits per heavy atom. The maximum absolute atomic E-state index is 5.62. The number of para-hydroxylation sites is 8. The molecule has 16 heteroatoms. The normalized spacial score (nSPS) is 12.1. The largest absolute Gasteiger partial charge is 0.432 e. The number of fused-ring (bicyclic) bond motifs is 36. The summed E-state index contributed by atoms with van der Waals surface area (Å²) in [5, 5.41) is 25.4. The molecule has 0 N–H and O–H groups in total. The number of rotatable bonds is 8. The van der Waals surface area contributed by atoms with Gasteiger partial charge in [-0.05, 0) is 249 Å². The summed E-state index contributed by atoms with van der Waals surface area (Å²) in [4.78, 5) is 18.9. The van der Waals surface area contributed by atoms with Gasteiger partial charge in [-0.1, -0.05) is 291 Å². The molecular weight excluding hydrogens is 1820 g/mol. The molecule has 22 aromatic carbocycles. The van der Waals surface area contributed by atoms with E-state index in [0.29, 0.717) is 23.4 Å². The van der Waals surface area contributed by atoms with Crippen molar-refractivity contribution >= 4 is 219 Å². The van der Waals surface area contributed by atoms with Crippen molar-refractivity contribution in [2.75, 3.05) is 0 Å². The van der Waals surface area contributed by atoms with Crippen LogP contribution in [0, 0.1) is 0 Å². The highest BCUT2D eigenvalue weighted by molar-refractivity contribution is 6.28. The van der Waals surface area contributed by atoms with Gasteiger partial charge in [0.25, 0.3) is 0 Å². The van der Waals surface area contributed by atoms with Gasteiger partial charge in [-0.3, -0.25) is 17.6 Å². The highest BCUT2D eigenvalue weighted by Gasteiger charge is 2.25. The van der Waals surface area contributed by atoms with Crippen molar-refractivity contribution in [2.24, 2.45) is 0 Å². The zero-order valence-electron chi connectivity index (χ0n) is 79.2. The van der Waals surface area contributed by atoms with Crippen molar-refractivity contribution in [2.45, 2.75) is 0 Å². The van der Waals surface area contributed by atoms with Crippen molar-refractivity contribution in [1.29, 1.82) is 0 Å². The third-order valence-electron chi connectivity index (χ3n) is 30.2. The molecule has 34 rings (SSSR count). The van der Waals surface area contributed by atoms with E-state index in [1.165, 1.54) is 163 Å². The Labute approximate surface area is 841 Å². The van der Waals surface area contributed by atoms with E-state index in [4.69, 9.17) is 32.6 Å². The van der Waals surface area contributed by atoms with Gasteiger partial charge in [0.1, 0.15) is 36.1 Å². The minimum atomic E-state index is 0.599. The monoisotopic (exact) mass is 1900 g/mol. The molecule has 0 fully saturated rings. The van der Waals surface area contributed by atoms with Crippen LogP contribution in [-0.2, 0) is 0 Å². The molecule has 34 aromatic rings. The number of hydrogen-bond acceptors (Lipinski definition) is 8. The van der Waals surface area contributed by atoms with Crippen molar-refractivity contribution < 1.29 is 17.7 Å². The fraction of sp³-hybridized carbons (Fsp3) is 0. The van der Waals surface area contributed by atoms with Crippen LogP contribution in [0.4, 0.5) is 0 Å². The maximum atomic E-state index is 5.62. The van der Waals surface area contributed by atoms with Crippen LogP contribution in [-0.4, -0.2) is 55.8 Å². The lowest BCUT2D eigenvalue weighted by molar-refractivity contribution is 0.596. The predicted octanol–water partition coefficient (Wildman–Crippen LogP) is 34.3. The first-order valence-electron chi connectivity index (χ1n) is 49.7. The summed E-state index contributed by atoms with van der Waals surface area (Å²) in [6.07, 6.45) is 14.3. The van der Waals surface area contributed by atoms with Crippen LogP contribution in [0.3, 0.4) is 0 Å². The Kier molecular flexibility index (Phi) is 18.1. The summed E-state index contributed by atoms with van der Waals surface area (Å²) in [7, 11) is 0. The van der Waals surface area contributed by atoms with Crippen LogP contribution in [0.2, 0.25) is 0 Å². The van der Waals surface area contributed by atoms with Gasteiger partial charge >= 0.3 is 23.4 Å². The third-order valence-corrected chi connectivity index (χ3v) is 30.2. The Balaban J connectivity index is 0.0000000892. The van der Waals surface area contributed by atoms with Crippen molar-refractivity contribution in [3.05, 3.63) is 487 Å². The van der Waals surface area contributed by atoms with Crippen LogP contribution in [0.5, 0.6) is 0 Å². The molecule has 16 nitrogen and oxygen atoms in total. The summed E-state index contributed by atoms with van der Waals surface area (Å²) >= 11 is 0. The smallest absolute Gasteiger partial charge is 0.306 e. The van der Waals surface area contributed by atoms with Gasteiger partial charge < -0.3 is 35.9 Å². The molecular formula is C132H80N12O4. The molecule has 0 aliphatic carbocycles. The Bertz CT molecular complexity index is 11300. The predicted molar refractivity (Wildman–Crippen MR) is 604 cm³/mol. The molecule has 0 bridgehead atoms. The maximum Gasteiger partial charge on any atom is 0.306 e. The van der Waals surface area contributed by atoms with Crippen LogP contribution >= 0.6 is 0 Å². The molecule has 0 amide bonds. The number of benzene rings is 22. The van der Waals surface area contributed by atoms with Crippen LogP contribution in [0.25, 0.3) is 287 Å². The number of oxazole rings is 4. The van der Waals surface area contributed by atoms with Gasteiger partial charge in [0.15, 0.2) is 0 Å². The fourth-order valence-electron chi connectivity index (χ4n) is 23.6. The summed E-state index contributed by atoms with van der Waals surface area (Å²) in [5.74, 6) is 2.44. The first-order chi connectivity index (χ1) is 73.4. The van der Waals surface area contributed by atoms with E-state index in [-0.39, 0.29) is 0 Å². The lowest BCUT2D eigenvalue weighted by Crippen LogP contribution is -1.96. The fourth-order valence-corrected chi connectivity index (χ4v) is 23.6. The van der Waals surface area contributed by atoms with Gasteiger partial charge in [-0.15, -0.1) is 0 Å². The standard InChI is InChI=1S/2C33H20N4O.2C33H20N2O/c1-4-11-26-22(8-1)23-9-2-5-12-27(23)36(26)21-16-17-29-25(20-21)24-10-3-6-13-28(24)37(29)31-15-7-14-30-32(31)34-33-35(30)18-19-38-33;1-4-10-28-23(7-1)24-8-2-5-11-29(24)36(28)21-13-15-31-26(19-21)25-9-3-6-12-30(25)37(31)22-14-16-32-27(20-22)34-33-35(32)17-18-38-33;1-2-11-27-25(9-1)26-10-3-4-12-28(26)30-20-22(15-16-29(27)30)21-7-5-8-23(19-21)24-13-6-14-31-32(24)34-33-35(31)17-18-36-33;1-2-10-27-25(8-1)26-9-3-4-11-28(26)30-19-23(12-14-29(27)30)21-6-5-7-22(18-21)24-13-15-32-31(20-24)34-33-35(32)16-17-36-33/h2*1-20H;2*1-20H. The van der Waals surface area contributed by atoms with E-state index in [1.54, 1.807) is 25.1 Å². The first kappa shape index (κ1) is 82.4.